The van der Waals surface area contributed by atoms with Crippen LogP contribution in [0.25, 0.3) is 6.08 Å². The number of hydrogen-bond acceptors (Lipinski definition) is 1. The predicted octanol–water partition coefficient (Wildman–Crippen LogP) is 7.23. The van der Waals surface area contributed by atoms with Crippen molar-refractivity contribution in [1.29, 1.82) is 0 Å². The molecule has 0 aliphatic heterocycles. The van der Waals surface area contributed by atoms with Gasteiger partial charge in [0, 0.05) is 4.47 Å². The highest BCUT2D eigenvalue weighted by Crippen LogP contribution is 2.40. The molecule has 1 unspecified atom stereocenters. The van der Waals surface area contributed by atoms with E-state index < -0.39 is 8.32 Å². The highest BCUT2D eigenvalue weighted by Gasteiger charge is 2.39. The van der Waals surface area contributed by atoms with Gasteiger partial charge in [0.15, 0.2) is 8.32 Å². The average molecular weight is 403 g/mol. The monoisotopic (exact) mass is 402 g/mol. The van der Waals surface area contributed by atoms with Gasteiger partial charge < -0.3 is 4.43 Å². The molecular weight excluding hydrogens is 376 g/mol. The summed E-state index contributed by atoms with van der Waals surface area (Å²) in [5.74, 6) is 0. The Hall–Kier alpha value is -1.16. The molecule has 0 aromatic heterocycles. The van der Waals surface area contributed by atoms with Crippen LogP contribution in [0.5, 0.6) is 0 Å². The molecule has 0 heterocycles. The Morgan fingerprint density at radius 2 is 1.54 bits per heavy atom. The van der Waals surface area contributed by atoms with Crippen LogP contribution in [0.2, 0.25) is 18.1 Å². The Bertz CT molecular complexity index is 686. The van der Waals surface area contributed by atoms with Crippen molar-refractivity contribution in [1.82, 2.24) is 0 Å². The van der Waals surface area contributed by atoms with Crippen LogP contribution in [-0.4, -0.2) is 8.32 Å². The number of halogens is 1. The molecule has 0 saturated heterocycles. The first-order valence-corrected chi connectivity index (χ1v) is 12.1. The lowest BCUT2D eigenvalue weighted by molar-refractivity contribution is 0.230. The third kappa shape index (κ3) is 4.92. The number of hydrogen-bond donors (Lipinski definition) is 0. The molecule has 128 valence electrons. The fourth-order valence-corrected chi connectivity index (χ4v) is 3.78. The van der Waals surface area contributed by atoms with Gasteiger partial charge in [0.25, 0.3) is 0 Å². The zero-order valence-electron chi connectivity index (χ0n) is 15.2. The van der Waals surface area contributed by atoms with Crippen LogP contribution in [0.15, 0.2) is 65.1 Å². The number of benzene rings is 2. The standard InChI is InChI=1S/C21H27BrOSi/c1-21(2,3)24(4,5)23-20(18-12-7-6-8-13-18)16-15-17-11-9-10-14-19(17)22/h6-16,20H,1-5H3/b16-15+. The van der Waals surface area contributed by atoms with Crippen molar-refractivity contribution in [3.8, 4) is 0 Å². The SMILES string of the molecule is CC(C)(C)[Si](C)(C)OC(/C=C/c1ccccc1Br)c1ccccc1. The molecule has 2 aromatic rings. The molecule has 2 rings (SSSR count). The number of rotatable bonds is 5. The van der Waals surface area contributed by atoms with Gasteiger partial charge in [-0.05, 0) is 35.3 Å². The molecule has 0 radical (unpaired) electrons. The maximum absolute atomic E-state index is 6.69. The fourth-order valence-electron chi connectivity index (χ4n) is 2.16. The van der Waals surface area contributed by atoms with E-state index in [2.05, 4.69) is 104 Å². The van der Waals surface area contributed by atoms with Crippen molar-refractivity contribution in [3.63, 3.8) is 0 Å². The smallest absolute Gasteiger partial charge is 0.193 e. The Kier molecular flexibility index (Phi) is 6.24. The van der Waals surface area contributed by atoms with Gasteiger partial charge in [-0.25, -0.2) is 0 Å². The lowest BCUT2D eigenvalue weighted by Crippen LogP contribution is -2.41. The zero-order valence-corrected chi connectivity index (χ0v) is 17.8. The molecular formula is C21H27BrOSi. The van der Waals surface area contributed by atoms with E-state index in [1.54, 1.807) is 0 Å². The van der Waals surface area contributed by atoms with Gasteiger partial charge in [0.05, 0.1) is 6.10 Å². The van der Waals surface area contributed by atoms with E-state index in [1.165, 1.54) is 5.56 Å². The molecule has 24 heavy (non-hydrogen) atoms. The normalized spacial score (nSPS) is 14.1. The molecule has 0 aliphatic rings. The van der Waals surface area contributed by atoms with Gasteiger partial charge in [-0.15, -0.1) is 0 Å². The summed E-state index contributed by atoms with van der Waals surface area (Å²) in [6.45, 7) is 11.4. The van der Waals surface area contributed by atoms with E-state index in [4.69, 9.17) is 4.43 Å². The minimum absolute atomic E-state index is 0.0285. The molecule has 1 atom stereocenters. The van der Waals surface area contributed by atoms with Crippen molar-refractivity contribution in [3.05, 3.63) is 76.3 Å². The minimum atomic E-state index is -1.87. The van der Waals surface area contributed by atoms with Gasteiger partial charge >= 0.3 is 0 Å². The quantitative estimate of drug-likeness (QED) is 0.479. The topological polar surface area (TPSA) is 9.23 Å². The van der Waals surface area contributed by atoms with Gasteiger partial charge in [-0.2, -0.15) is 0 Å². The van der Waals surface area contributed by atoms with E-state index >= 15 is 0 Å². The van der Waals surface area contributed by atoms with Crippen LogP contribution in [0, 0.1) is 0 Å². The maximum Gasteiger partial charge on any atom is 0.193 e. The van der Waals surface area contributed by atoms with Crippen molar-refractivity contribution in [2.24, 2.45) is 0 Å². The molecule has 0 bridgehead atoms. The summed E-state index contributed by atoms with van der Waals surface area (Å²) in [4.78, 5) is 0. The first kappa shape index (κ1) is 19.2. The molecule has 0 spiro atoms. The summed E-state index contributed by atoms with van der Waals surface area (Å²) in [6.07, 6.45) is 4.30. The van der Waals surface area contributed by atoms with Gasteiger partial charge in [-0.3, -0.25) is 0 Å². The van der Waals surface area contributed by atoms with Crippen LogP contribution in [0.3, 0.4) is 0 Å². The second-order valence-corrected chi connectivity index (χ2v) is 13.2. The van der Waals surface area contributed by atoms with Gasteiger partial charge in [0.1, 0.15) is 0 Å². The van der Waals surface area contributed by atoms with Gasteiger partial charge in [-0.1, -0.05) is 97.4 Å². The molecule has 0 amide bonds. The van der Waals surface area contributed by atoms with Crippen molar-refractivity contribution in [2.45, 2.75) is 45.0 Å². The van der Waals surface area contributed by atoms with Crippen molar-refractivity contribution in [2.75, 3.05) is 0 Å². The average Bonchev–Trinajstić information content (AvgIpc) is 2.52. The summed E-state index contributed by atoms with van der Waals surface area (Å²) in [5, 5.41) is 0.182. The van der Waals surface area contributed by atoms with E-state index in [0.717, 1.165) is 10.0 Å². The first-order valence-electron chi connectivity index (χ1n) is 8.36. The van der Waals surface area contributed by atoms with Crippen molar-refractivity contribution < 1.29 is 4.43 Å². The van der Waals surface area contributed by atoms with E-state index in [9.17, 15) is 0 Å². The van der Waals surface area contributed by atoms with Crippen LogP contribution in [-0.2, 0) is 4.43 Å². The zero-order chi connectivity index (χ0) is 17.8. The van der Waals surface area contributed by atoms with E-state index in [-0.39, 0.29) is 11.1 Å². The molecule has 3 heteroatoms. The molecule has 2 aromatic carbocycles. The van der Waals surface area contributed by atoms with E-state index in [0.29, 0.717) is 0 Å². The Morgan fingerprint density at radius 1 is 0.958 bits per heavy atom. The highest BCUT2D eigenvalue weighted by atomic mass is 79.9. The Labute approximate surface area is 156 Å². The minimum Gasteiger partial charge on any atom is -0.407 e. The summed E-state index contributed by atoms with van der Waals surface area (Å²) in [6, 6.07) is 18.7. The summed E-state index contributed by atoms with van der Waals surface area (Å²) in [7, 11) is -1.87. The Morgan fingerprint density at radius 3 is 2.12 bits per heavy atom. The predicted molar refractivity (Wildman–Crippen MR) is 111 cm³/mol. The first-order chi connectivity index (χ1) is 11.2. The fraction of sp³-hybridized carbons (Fsp3) is 0.333. The van der Waals surface area contributed by atoms with Crippen molar-refractivity contribution >= 4 is 30.3 Å². The summed E-state index contributed by atoms with van der Waals surface area (Å²) >= 11 is 3.61. The summed E-state index contributed by atoms with van der Waals surface area (Å²) in [5.41, 5.74) is 2.36. The van der Waals surface area contributed by atoms with Crippen LogP contribution < -0.4 is 0 Å². The van der Waals surface area contributed by atoms with Gasteiger partial charge in [0.2, 0.25) is 0 Å². The molecule has 0 fully saturated rings. The van der Waals surface area contributed by atoms with Crippen LogP contribution in [0.1, 0.15) is 38.0 Å². The second kappa shape index (κ2) is 7.81. The molecule has 0 N–H and O–H groups in total. The largest absolute Gasteiger partial charge is 0.407 e. The van der Waals surface area contributed by atoms with Crippen LogP contribution >= 0.6 is 15.9 Å². The lowest BCUT2D eigenvalue weighted by atomic mass is 10.1. The third-order valence-electron chi connectivity index (χ3n) is 4.71. The molecule has 0 saturated carbocycles. The van der Waals surface area contributed by atoms with E-state index in [1.807, 2.05) is 12.1 Å². The Balaban J connectivity index is 2.33. The molecule has 1 nitrogen and oxygen atoms in total. The third-order valence-corrected chi connectivity index (χ3v) is 9.89. The summed E-state index contributed by atoms with van der Waals surface area (Å²) < 4.78 is 7.78. The van der Waals surface area contributed by atoms with Crippen LogP contribution in [0.4, 0.5) is 0 Å². The maximum atomic E-state index is 6.69. The highest BCUT2D eigenvalue weighted by molar-refractivity contribution is 9.10. The second-order valence-electron chi connectivity index (χ2n) is 7.59. The molecule has 0 aliphatic carbocycles. The lowest BCUT2D eigenvalue weighted by Gasteiger charge is -2.38.